The highest BCUT2D eigenvalue weighted by Gasteiger charge is 2.12. The fraction of sp³-hybridized carbons (Fsp3) is 0.118. The first-order valence-electron chi connectivity index (χ1n) is 6.71. The van der Waals surface area contributed by atoms with Crippen LogP contribution in [0.4, 0.5) is 0 Å². The highest BCUT2D eigenvalue weighted by molar-refractivity contribution is 6.30. The Balaban J connectivity index is 1.89. The number of hydrogen-bond acceptors (Lipinski definition) is 3. The summed E-state index contributed by atoms with van der Waals surface area (Å²) in [4.78, 5) is 19.8. The lowest BCUT2D eigenvalue weighted by Crippen LogP contribution is -2.09. The van der Waals surface area contributed by atoms with Crippen LogP contribution >= 0.6 is 11.6 Å². The number of carbonyl (C=O) groups is 1. The molecule has 108 valence electrons. The van der Waals surface area contributed by atoms with Gasteiger partial charge in [-0.3, -0.25) is 9.79 Å². The van der Waals surface area contributed by atoms with Crippen LogP contribution in [0.1, 0.15) is 23.5 Å². The van der Waals surface area contributed by atoms with Gasteiger partial charge in [0.1, 0.15) is 11.5 Å². The summed E-state index contributed by atoms with van der Waals surface area (Å²) in [7, 11) is 0. The molecular formula is C17H12ClN3O. The van der Waals surface area contributed by atoms with E-state index in [9.17, 15) is 4.79 Å². The van der Waals surface area contributed by atoms with Crippen molar-refractivity contribution < 1.29 is 4.79 Å². The number of rotatable bonds is 1. The number of carbonyl (C=O) groups excluding carboxylic acids is 1. The zero-order valence-corrected chi connectivity index (χ0v) is 12.6. The van der Waals surface area contributed by atoms with Gasteiger partial charge in [-0.2, -0.15) is 0 Å². The quantitative estimate of drug-likeness (QED) is 0.760. The fourth-order valence-electron chi connectivity index (χ4n) is 2.15. The van der Waals surface area contributed by atoms with Gasteiger partial charge in [0.05, 0.1) is 12.6 Å². The number of allylic oxidation sites excluding steroid dienone is 1. The second kappa shape index (κ2) is 6.00. The first-order chi connectivity index (χ1) is 10.6. The van der Waals surface area contributed by atoms with Gasteiger partial charge >= 0.3 is 0 Å². The first-order valence-corrected chi connectivity index (χ1v) is 7.08. The summed E-state index contributed by atoms with van der Waals surface area (Å²) < 4.78 is 1.84. The lowest BCUT2D eigenvalue weighted by Gasteiger charge is -2.09. The molecule has 1 aromatic heterocycles. The van der Waals surface area contributed by atoms with Gasteiger partial charge in [0.15, 0.2) is 5.78 Å². The van der Waals surface area contributed by atoms with Gasteiger partial charge in [0.2, 0.25) is 0 Å². The van der Waals surface area contributed by atoms with Crippen LogP contribution < -0.4 is 0 Å². The molecule has 1 aromatic carbocycles. The number of ketones is 1. The maximum Gasteiger partial charge on any atom is 0.179 e. The van der Waals surface area contributed by atoms with E-state index in [1.54, 1.807) is 18.3 Å². The minimum Gasteiger partial charge on any atom is -0.304 e. The molecule has 0 fully saturated rings. The summed E-state index contributed by atoms with van der Waals surface area (Å²) in [6.45, 7) is 1.87. The number of hydrogen-bond donors (Lipinski definition) is 0. The van der Waals surface area contributed by atoms with Crippen LogP contribution in [0.15, 0.2) is 41.7 Å². The summed E-state index contributed by atoms with van der Waals surface area (Å²) in [6, 6.07) is 7.35. The summed E-state index contributed by atoms with van der Waals surface area (Å²) in [5, 5.41) is 0.650. The van der Waals surface area contributed by atoms with Crippen LogP contribution in [-0.4, -0.2) is 21.5 Å². The normalized spacial score (nSPS) is 13.5. The third-order valence-electron chi connectivity index (χ3n) is 3.15. The van der Waals surface area contributed by atoms with Crippen molar-refractivity contribution in [3.63, 3.8) is 0 Å². The summed E-state index contributed by atoms with van der Waals surface area (Å²) in [5.41, 5.74) is 2.27. The lowest BCUT2D eigenvalue weighted by atomic mass is 10.2. The van der Waals surface area contributed by atoms with Crippen molar-refractivity contribution in [2.75, 3.05) is 0 Å². The van der Waals surface area contributed by atoms with Crippen LogP contribution in [0, 0.1) is 18.8 Å². The Morgan fingerprint density at radius 2 is 2.18 bits per heavy atom. The molecule has 4 nitrogen and oxygen atoms in total. The molecule has 0 saturated heterocycles. The van der Waals surface area contributed by atoms with Crippen molar-refractivity contribution in [2.24, 2.45) is 4.99 Å². The summed E-state index contributed by atoms with van der Waals surface area (Å²) >= 11 is 5.93. The number of aliphatic imine (C=N–C) groups is 1. The number of halogens is 1. The second-order valence-electron chi connectivity index (χ2n) is 4.85. The molecule has 0 atom stereocenters. The molecule has 0 aliphatic carbocycles. The monoisotopic (exact) mass is 309 g/mol. The predicted octanol–water partition coefficient (Wildman–Crippen LogP) is 3.09. The van der Waals surface area contributed by atoms with Crippen LogP contribution in [-0.2, 0) is 4.79 Å². The zero-order valence-electron chi connectivity index (χ0n) is 11.9. The molecule has 2 heterocycles. The Morgan fingerprint density at radius 3 is 2.95 bits per heavy atom. The molecule has 0 saturated carbocycles. The van der Waals surface area contributed by atoms with E-state index in [4.69, 9.17) is 11.6 Å². The van der Waals surface area contributed by atoms with Crippen molar-refractivity contribution in [3.05, 3.63) is 58.8 Å². The summed E-state index contributed by atoms with van der Waals surface area (Å²) in [5.74, 6) is 6.79. The SMILES string of the molecule is Cc1nc(C#Cc2cccc(Cl)c2)cn1C1=CN=CC(=O)C1. The van der Waals surface area contributed by atoms with E-state index in [1.165, 1.54) is 6.21 Å². The Bertz CT molecular complexity index is 866. The Hall–Kier alpha value is -2.64. The van der Waals surface area contributed by atoms with Crippen molar-refractivity contribution >= 4 is 29.3 Å². The Morgan fingerprint density at radius 1 is 1.32 bits per heavy atom. The molecule has 3 rings (SSSR count). The highest BCUT2D eigenvalue weighted by atomic mass is 35.5. The van der Waals surface area contributed by atoms with Crippen LogP contribution in [0.2, 0.25) is 5.02 Å². The maximum absolute atomic E-state index is 11.4. The third kappa shape index (κ3) is 3.16. The van der Waals surface area contributed by atoms with Gasteiger partial charge in [0.25, 0.3) is 0 Å². The van der Waals surface area contributed by atoms with Crippen LogP contribution in [0.5, 0.6) is 0 Å². The van der Waals surface area contributed by atoms with Crippen molar-refractivity contribution in [1.29, 1.82) is 0 Å². The molecule has 0 bridgehead atoms. The van der Waals surface area contributed by atoms with Gasteiger partial charge < -0.3 is 4.57 Å². The van der Waals surface area contributed by atoms with E-state index in [0.29, 0.717) is 17.1 Å². The van der Waals surface area contributed by atoms with E-state index in [-0.39, 0.29) is 5.78 Å². The van der Waals surface area contributed by atoms with E-state index in [0.717, 1.165) is 17.1 Å². The fourth-order valence-corrected chi connectivity index (χ4v) is 2.34. The maximum atomic E-state index is 11.4. The summed E-state index contributed by atoms with van der Waals surface area (Å²) in [6.07, 6.45) is 5.13. The van der Waals surface area contributed by atoms with Crippen LogP contribution in [0.25, 0.3) is 5.70 Å². The second-order valence-corrected chi connectivity index (χ2v) is 5.28. The minimum atomic E-state index is -0.0165. The van der Waals surface area contributed by atoms with Gasteiger partial charge in [-0.15, -0.1) is 0 Å². The minimum absolute atomic E-state index is 0.0165. The van der Waals surface area contributed by atoms with E-state index in [2.05, 4.69) is 21.8 Å². The average molecular weight is 310 g/mol. The lowest BCUT2D eigenvalue weighted by molar-refractivity contribution is -0.111. The van der Waals surface area contributed by atoms with E-state index in [1.807, 2.05) is 29.8 Å². The van der Waals surface area contributed by atoms with Crippen molar-refractivity contribution in [2.45, 2.75) is 13.3 Å². The predicted molar refractivity (Wildman–Crippen MR) is 86.8 cm³/mol. The molecule has 0 N–H and O–H groups in total. The standard InChI is InChI=1S/C17H12ClN3O/c1-12-20-15(6-5-13-3-2-4-14(18)7-13)11-21(12)16-8-17(22)10-19-9-16/h2-4,7,9-11H,8H2,1H3. The number of aromatic nitrogens is 2. The van der Waals surface area contributed by atoms with Gasteiger partial charge in [-0.1, -0.05) is 23.6 Å². The molecule has 22 heavy (non-hydrogen) atoms. The highest BCUT2D eigenvalue weighted by Crippen LogP contribution is 2.17. The number of aryl methyl sites for hydroxylation is 1. The van der Waals surface area contributed by atoms with Gasteiger partial charge in [-0.25, -0.2) is 4.98 Å². The average Bonchev–Trinajstić information content (AvgIpc) is 2.86. The van der Waals surface area contributed by atoms with Crippen LogP contribution in [0.3, 0.4) is 0 Å². The molecular weight excluding hydrogens is 298 g/mol. The molecule has 0 radical (unpaired) electrons. The molecule has 1 aliphatic rings. The number of Topliss-reactive ketones (excluding diaryl/α,β-unsaturated/α-hetero) is 1. The molecule has 0 spiro atoms. The number of imidazole rings is 1. The Kier molecular flexibility index (Phi) is 3.90. The number of nitrogens with zero attached hydrogens (tertiary/aromatic N) is 3. The molecule has 0 unspecified atom stereocenters. The van der Waals surface area contributed by atoms with Gasteiger partial charge in [0, 0.05) is 28.7 Å². The molecule has 5 heteroatoms. The van der Waals surface area contributed by atoms with E-state index < -0.39 is 0 Å². The molecule has 2 aromatic rings. The number of benzene rings is 1. The first kappa shape index (κ1) is 14.3. The largest absolute Gasteiger partial charge is 0.304 e. The zero-order chi connectivity index (χ0) is 15.5. The van der Waals surface area contributed by atoms with E-state index >= 15 is 0 Å². The van der Waals surface area contributed by atoms with Crippen molar-refractivity contribution in [1.82, 2.24) is 9.55 Å². The smallest absolute Gasteiger partial charge is 0.179 e. The Labute approximate surface area is 133 Å². The molecule has 1 aliphatic heterocycles. The van der Waals surface area contributed by atoms with Gasteiger partial charge in [-0.05, 0) is 31.0 Å². The third-order valence-corrected chi connectivity index (χ3v) is 3.38. The van der Waals surface area contributed by atoms with Crippen molar-refractivity contribution in [3.8, 4) is 11.8 Å². The molecule has 0 amide bonds. The topological polar surface area (TPSA) is 47.2 Å².